The van der Waals surface area contributed by atoms with Gasteiger partial charge in [0.15, 0.2) is 0 Å². The minimum Gasteiger partial charge on any atom is -0.497 e. The molecule has 3 unspecified atom stereocenters. The fourth-order valence-electron chi connectivity index (χ4n) is 5.39. The van der Waals surface area contributed by atoms with Crippen LogP contribution in [-0.2, 0) is 20.9 Å². The monoisotopic (exact) mass is 601 g/mol. The maximum atomic E-state index is 14.0. The molecule has 9 nitrogen and oxygen atoms in total. The van der Waals surface area contributed by atoms with Gasteiger partial charge in [0, 0.05) is 16.5 Å². The second-order valence-corrected chi connectivity index (χ2v) is 12.2. The molecule has 3 heterocycles. The zero-order chi connectivity index (χ0) is 29.5. The number of rotatable bonds is 7. The topological polar surface area (TPSA) is 107 Å². The van der Waals surface area contributed by atoms with E-state index in [0.717, 1.165) is 22.5 Å². The zero-order valence-corrected chi connectivity index (χ0v) is 24.7. The van der Waals surface area contributed by atoms with Crippen molar-refractivity contribution < 1.29 is 23.9 Å². The van der Waals surface area contributed by atoms with Gasteiger partial charge in [-0.05, 0) is 61.0 Å². The molecule has 0 bridgehead atoms. The molecule has 1 N–H and O–H groups in total. The van der Waals surface area contributed by atoms with Gasteiger partial charge < -0.3 is 14.8 Å². The van der Waals surface area contributed by atoms with Crippen LogP contribution < -0.4 is 24.6 Å². The average molecular weight is 602 g/mol. The van der Waals surface area contributed by atoms with Crippen molar-refractivity contribution in [2.45, 2.75) is 29.7 Å². The predicted molar refractivity (Wildman–Crippen MR) is 162 cm³/mol. The number of benzene rings is 3. The van der Waals surface area contributed by atoms with E-state index in [-0.39, 0.29) is 29.1 Å². The predicted octanol–water partition coefficient (Wildman–Crippen LogP) is 4.67. The van der Waals surface area contributed by atoms with Crippen LogP contribution in [0, 0.1) is 12.8 Å². The number of imide groups is 1. The average Bonchev–Trinajstić information content (AvgIpc) is 3.44. The summed E-state index contributed by atoms with van der Waals surface area (Å²) in [5, 5.41) is 2.58. The number of anilines is 2. The highest BCUT2D eigenvalue weighted by Crippen LogP contribution is 2.54. The summed E-state index contributed by atoms with van der Waals surface area (Å²) in [4.78, 5) is 55.8. The van der Waals surface area contributed by atoms with E-state index in [1.54, 1.807) is 62.8 Å². The van der Waals surface area contributed by atoms with Crippen molar-refractivity contribution in [1.29, 1.82) is 0 Å². The van der Waals surface area contributed by atoms with Gasteiger partial charge in [0.25, 0.3) is 0 Å². The normalized spacial score (nSPS) is 19.3. The van der Waals surface area contributed by atoms with Crippen LogP contribution in [0.3, 0.4) is 0 Å². The number of nitrogens with one attached hydrogen (secondary N) is 1. The third-order valence-corrected chi connectivity index (χ3v) is 10.1. The molecule has 1 aromatic heterocycles. The summed E-state index contributed by atoms with van der Waals surface area (Å²) in [6, 6.07) is 21.5. The number of nitrogens with zero attached hydrogens (tertiary/aromatic N) is 2. The second kappa shape index (κ2) is 11.1. The molecule has 0 saturated carbocycles. The van der Waals surface area contributed by atoms with Crippen LogP contribution in [0.15, 0.2) is 82.6 Å². The molecule has 2 aliphatic rings. The summed E-state index contributed by atoms with van der Waals surface area (Å²) >= 11 is 2.20. The summed E-state index contributed by atoms with van der Waals surface area (Å²) < 4.78 is 11.9. The van der Waals surface area contributed by atoms with Crippen molar-refractivity contribution in [2.24, 2.45) is 5.92 Å². The zero-order valence-electron chi connectivity index (χ0n) is 23.0. The van der Waals surface area contributed by atoms with Gasteiger partial charge in [0.2, 0.25) is 17.7 Å². The number of carbonyl (C=O) groups is 3. The standard InChI is InChI=1S/C31H27N3O6S2/c1-17-4-10-20(11-5-17)34-28(36)25-24(18-6-12-21(39-2)13-7-18)27-30(41-26(25)29(34)37)33(31(38)42-27)16-23(35)32-19-8-14-22(40-3)15-9-19/h4-15,24-26H,16H2,1-3H3,(H,32,35). The highest BCUT2D eigenvalue weighted by molar-refractivity contribution is 8.00. The highest BCUT2D eigenvalue weighted by Gasteiger charge is 2.56. The van der Waals surface area contributed by atoms with Gasteiger partial charge in [-0.2, -0.15) is 0 Å². The van der Waals surface area contributed by atoms with Gasteiger partial charge in [-0.1, -0.05) is 52.9 Å². The molecule has 214 valence electrons. The Morgan fingerprint density at radius 2 is 1.48 bits per heavy atom. The third-order valence-electron chi connectivity index (χ3n) is 7.49. The Hall–Kier alpha value is -4.35. The number of aryl methyl sites for hydroxylation is 1. The fraction of sp³-hybridized carbons (Fsp3) is 0.226. The minimum atomic E-state index is -0.761. The van der Waals surface area contributed by atoms with Crippen LogP contribution in [0.2, 0.25) is 0 Å². The summed E-state index contributed by atoms with van der Waals surface area (Å²) in [6.07, 6.45) is 0. The first-order valence-corrected chi connectivity index (χ1v) is 14.9. The number of hydrogen-bond acceptors (Lipinski definition) is 8. The summed E-state index contributed by atoms with van der Waals surface area (Å²) in [5.41, 5.74) is 2.88. The Balaban J connectivity index is 1.38. The lowest BCUT2D eigenvalue weighted by Crippen LogP contribution is -2.33. The van der Waals surface area contributed by atoms with E-state index in [1.807, 2.05) is 31.2 Å². The van der Waals surface area contributed by atoms with E-state index >= 15 is 0 Å². The molecule has 0 radical (unpaired) electrons. The van der Waals surface area contributed by atoms with Gasteiger partial charge in [0.1, 0.15) is 23.3 Å². The van der Waals surface area contributed by atoms with Gasteiger partial charge in [-0.3, -0.25) is 23.7 Å². The summed E-state index contributed by atoms with van der Waals surface area (Å²) in [7, 11) is 3.13. The Labute approximate surface area is 250 Å². The lowest BCUT2D eigenvalue weighted by molar-refractivity contribution is -0.122. The van der Waals surface area contributed by atoms with Crippen molar-refractivity contribution in [3.05, 3.63) is 98.5 Å². The van der Waals surface area contributed by atoms with Gasteiger partial charge in [-0.25, -0.2) is 4.90 Å². The van der Waals surface area contributed by atoms with E-state index in [1.165, 1.54) is 21.2 Å². The molecule has 0 aliphatic carbocycles. The van der Waals surface area contributed by atoms with Crippen LogP contribution in [0.25, 0.3) is 0 Å². The maximum Gasteiger partial charge on any atom is 0.308 e. The van der Waals surface area contributed by atoms with Crippen molar-refractivity contribution in [1.82, 2.24) is 4.57 Å². The molecule has 0 spiro atoms. The number of amides is 3. The van der Waals surface area contributed by atoms with Crippen molar-refractivity contribution >= 4 is 52.2 Å². The maximum absolute atomic E-state index is 14.0. The molecule has 42 heavy (non-hydrogen) atoms. The van der Waals surface area contributed by atoms with E-state index in [9.17, 15) is 19.2 Å². The number of methoxy groups -OCH3 is 2. The largest absolute Gasteiger partial charge is 0.497 e. The van der Waals surface area contributed by atoms with E-state index in [4.69, 9.17) is 9.47 Å². The number of carbonyl (C=O) groups excluding carboxylic acids is 3. The quantitative estimate of drug-likeness (QED) is 0.307. The van der Waals surface area contributed by atoms with E-state index < -0.39 is 17.1 Å². The molecular formula is C31H27N3O6S2. The number of thiazole rings is 1. The Bertz CT molecular complexity index is 1730. The molecule has 2 aliphatic heterocycles. The molecule has 3 atom stereocenters. The molecule has 1 saturated heterocycles. The molecule has 6 rings (SSSR count). The number of hydrogen-bond donors (Lipinski definition) is 1. The van der Waals surface area contributed by atoms with E-state index in [0.29, 0.717) is 32.8 Å². The minimum absolute atomic E-state index is 0.236. The molecule has 3 amide bonds. The van der Waals surface area contributed by atoms with Gasteiger partial charge in [0.05, 0.1) is 30.9 Å². The highest BCUT2D eigenvalue weighted by atomic mass is 32.2. The molecule has 11 heteroatoms. The lowest BCUT2D eigenvalue weighted by atomic mass is 9.83. The Kier molecular flexibility index (Phi) is 7.38. The Morgan fingerprint density at radius 1 is 0.857 bits per heavy atom. The molecular weight excluding hydrogens is 574 g/mol. The van der Waals surface area contributed by atoms with Crippen molar-refractivity contribution in [2.75, 3.05) is 24.4 Å². The first kappa shape index (κ1) is 27.8. The number of fused-ring (bicyclic) bond motifs is 2. The van der Waals surface area contributed by atoms with Crippen LogP contribution in [-0.4, -0.2) is 41.8 Å². The third kappa shape index (κ3) is 4.88. The van der Waals surface area contributed by atoms with Crippen LogP contribution >= 0.6 is 23.1 Å². The lowest BCUT2D eigenvalue weighted by Gasteiger charge is -2.30. The SMILES string of the molecule is COc1ccc(NC(=O)Cn2c3c(sc2=O)C(c2ccc(OC)cc2)C2C(=O)N(c4ccc(C)cc4)C(=O)C2S3)cc1. The molecule has 1 fully saturated rings. The van der Waals surface area contributed by atoms with Crippen LogP contribution in [0.4, 0.5) is 11.4 Å². The van der Waals surface area contributed by atoms with Crippen LogP contribution in [0.1, 0.15) is 21.9 Å². The second-order valence-electron chi connectivity index (χ2n) is 10.1. The van der Waals surface area contributed by atoms with Crippen molar-refractivity contribution in [3.8, 4) is 11.5 Å². The molecule has 4 aromatic rings. The Morgan fingerprint density at radius 3 is 2.10 bits per heavy atom. The summed E-state index contributed by atoms with van der Waals surface area (Å²) in [6.45, 7) is 1.70. The van der Waals surface area contributed by atoms with Gasteiger partial charge >= 0.3 is 4.87 Å². The first-order valence-electron chi connectivity index (χ1n) is 13.2. The van der Waals surface area contributed by atoms with E-state index in [2.05, 4.69) is 5.32 Å². The molecule has 3 aromatic carbocycles. The van der Waals surface area contributed by atoms with Gasteiger partial charge in [-0.15, -0.1) is 0 Å². The first-order chi connectivity index (χ1) is 20.3. The fourth-order valence-corrected chi connectivity index (χ4v) is 8.17. The van der Waals surface area contributed by atoms with Crippen LogP contribution in [0.5, 0.6) is 11.5 Å². The number of ether oxygens (including phenoxy) is 2. The summed E-state index contributed by atoms with van der Waals surface area (Å²) in [5.74, 6) is -0.995. The van der Waals surface area contributed by atoms with Crippen molar-refractivity contribution in [3.63, 3.8) is 0 Å². The number of thioether (sulfide) groups is 1. The number of aromatic nitrogens is 1. The smallest absolute Gasteiger partial charge is 0.308 e.